The average Bonchev–Trinajstić information content (AvgIpc) is 2.81. The van der Waals surface area contributed by atoms with E-state index >= 15 is 0 Å². The van der Waals surface area contributed by atoms with Gasteiger partial charge in [-0.05, 0) is 57.5 Å². The van der Waals surface area contributed by atoms with Crippen LogP contribution >= 0.6 is 0 Å². The lowest BCUT2D eigenvalue weighted by atomic mass is 10.2. The van der Waals surface area contributed by atoms with E-state index in [9.17, 15) is 4.79 Å². The van der Waals surface area contributed by atoms with Crippen molar-refractivity contribution in [2.45, 2.75) is 40.3 Å². The van der Waals surface area contributed by atoms with Crippen molar-refractivity contribution in [3.8, 4) is 5.75 Å². The highest BCUT2D eigenvalue weighted by molar-refractivity contribution is 5.59. The number of morpholine rings is 1. The number of hydrogen-bond acceptors (Lipinski definition) is 7. The molecule has 0 aliphatic carbocycles. The maximum Gasteiger partial charge on any atom is 0.259 e. The van der Waals surface area contributed by atoms with Gasteiger partial charge in [0.15, 0.2) is 0 Å². The molecule has 2 aromatic rings. The van der Waals surface area contributed by atoms with Gasteiger partial charge < -0.3 is 9.47 Å². The molecule has 0 bridgehead atoms. The Kier molecular flexibility index (Phi) is 7.44. The Morgan fingerprint density at radius 1 is 1.03 bits per heavy atom. The van der Waals surface area contributed by atoms with Crippen molar-refractivity contribution in [3.63, 3.8) is 0 Å². The highest BCUT2D eigenvalue weighted by atomic mass is 16.5. The van der Waals surface area contributed by atoms with Gasteiger partial charge in [0.1, 0.15) is 5.75 Å². The topological polar surface area (TPSA) is 63.1 Å². The van der Waals surface area contributed by atoms with Crippen molar-refractivity contribution in [1.82, 2.24) is 19.4 Å². The van der Waals surface area contributed by atoms with Crippen LogP contribution in [-0.4, -0.2) is 72.0 Å². The van der Waals surface area contributed by atoms with Crippen molar-refractivity contribution in [3.05, 3.63) is 45.9 Å². The molecule has 0 amide bonds. The minimum absolute atomic E-state index is 0.0730. The third kappa shape index (κ3) is 4.98. The number of ether oxygens (including phenoxy) is 2. The fourth-order valence-electron chi connectivity index (χ4n) is 4.51. The molecule has 0 spiro atoms. The minimum atomic E-state index is 0.0730. The van der Waals surface area contributed by atoms with Gasteiger partial charge >= 0.3 is 0 Å². The van der Waals surface area contributed by atoms with Gasteiger partial charge in [-0.25, -0.2) is 4.98 Å². The molecule has 8 nitrogen and oxygen atoms in total. The quantitative estimate of drug-likeness (QED) is 0.624. The second-order valence-corrected chi connectivity index (χ2v) is 8.40. The van der Waals surface area contributed by atoms with Crippen LogP contribution in [-0.2, 0) is 17.8 Å². The Hall–Kier alpha value is -2.42. The van der Waals surface area contributed by atoms with Crippen LogP contribution in [0.4, 0.5) is 11.6 Å². The molecule has 32 heavy (non-hydrogen) atoms. The van der Waals surface area contributed by atoms with Gasteiger partial charge in [-0.1, -0.05) is 6.92 Å². The SMILES string of the molecule is CCOc1ccc(N2CN(CCCN3CCOCC3)Cn3c2nc(C)c(CC)c3=O)cc1. The van der Waals surface area contributed by atoms with Crippen molar-refractivity contribution < 1.29 is 9.47 Å². The fraction of sp³-hybridized carbons (Fsp3) is 0.583. The molecule has 1 aromatic heterocycles. The molecule has 1 aromatic carbocycles. The van der Waals surface area contributed by atoms with Crippen molar-refractivity contribution in [2.75, 3.05) is 57.6 Å². The summed E-state index contributed by atoms with van der Waals surface area (Å²) in [4.78, 5) is 25.1. The summed E-state index contributed by atoms with van der Waals surface area (Å²) in [5.41, 5.74) is 2.70. The van der Waals surface area contributed by atoms with E-state index in [4.69, 9.17) is 14.5 Å². The third-order valence-corrected chi connectivity index (χ3v) is 6.24. The normalized spacial score (nSPS) is 17.4. The number of nitrogens with zero attached hydrogens (tertiary/aromatic N) is 5. The molecule has 0 radical (unpaired) electrons. The molecule has 174 valence electrons. The van der Waals surface area contributed by atoms with E-state index in [0.29, 0.717) is 26.4 Å². The zero-order valence-corrected chi connectivity index (χ0v) is 19.5. The molecule has 1 fully saturated rings. The summed E-state index contributed by atoms with van der Waals surface area (Å²) in [7, 11) is 0. The van der Waals surface area contributed by atoms with Gasteiger partial charge in [-0.15, -0.1) is 0 Å². The molecular weight excluding hydrogens is 406 g/mol. The summed E-state index contributed by atoms with van der Waals surface area (Å²) in [6.45, 7) is 13.5. The lowest BCUT2D eigenvalue weighted by molar-refractivity contribution is 0.0354. The summed E-state index contributed by atoms with van der Waals surface area (Å²) in [5.74, 6) is 1.57. The zero-order valence-electron chi connectivity index (χ0n) is 19.5. The molecular formula is C24H35N5O3. The highest BCUT2D eigenvalue weighted by Gasteiger charge is 2.27. The number of benzene rings is 1. The predicted molar refractivity (Wildman–Crippen MR) is 126 cm³/mol. The molecule has 0 unspecified atom stereocenters. The molecule has 0 saturated carbocycles. The van der Waals surface area contributed by atoms with Gasteiger partial charge in [0.25, 0.3) is 5.56 Å². The zero-order chi connectivity index (χ0) is 22.5. The Balaban J connectivity index is 1.57. The van der Waals surface area contributed by atoms with Crippen LogP contribution in [0.1, 0.15) is 31.5 Å². The fourth-order valence-corrected chi connectivity index (χ4v) is 4.51. The molecule has 8 heteroatoms. The molecule has 4 rings (SSSR count). The Morgan fingerprint density at radius 3 is 2.44 bits per heavy atom. The van der Waals surface area contributed by atoms with E-state index in [2.05, 4.69) is 14.7 Å². The first-order chi connectivity index (χ1) is 15.6. The lowest BCUT2D eigenvalue weighted by Crippen LogP contribution is -2.48. The summed E-state index contributed by atoms with van der Waals surface area (Å²) in [6.07, 6.45) is 1.75. The van der Waals surface area contributed by atoms with Gasteiger partial charge in [0.05, 0.1) is 33.2 Å². The lowest BCUT2D eigenvalue weighted by Gasteiger charge is -2.39. The molecule has 1 saturated heterocycles. The van der Waals surface area contributed by atoms with Gasteiger partial charge in [-0.3, -0.25) is 24.1 Å². The summed E-state index contributed by atoms with van der Waals surface area (Å²) < 4.78 is 12.9. The van der Waals surface area contributed by atoms with E-state index in [1.165, 1.54) is 0 Å². The Labute approximate surface area is 190 Å². The number of rotatable bonds is 8. The number of aromatic nitrogens is 2. The number of anilines is 2. The Morgan fingerprint density at radius 2 is 1.75 bits per heavy atom. The first-order valence-electron chi connectivity index (χ1n) is 11.7. The smallest absolute Gasteiger partial charge is 0.259 e. The van der Waals surface area contributed by atoms with Crippen LogP contribution in [0.2, 0.25) is 0 Å². The largest absolute Gasteiger partial charge is 0.494 e. The molecule has 3 heterocycles. The van der Waals surface area contributed by atoms with E-state index in [0.717, 1.165) is 74.5 Å². The van der Waals surface area contributed by atoms with Gasteiger partial charge in [0.2, 0.25) is 5.95 Å². The maximum atomic E-state index is 13.3. The first-order valence-corrected chi connectivity index (χ1v) is 11.7. The highest BCUT2D eigenvalue weighted by Crippen LogP contribution is 2.29. The number of hydrogen-bond donors (Lipinski definition) is 0. The average molecular weight is 442 g/mol. The molecule has 2 aliphatic rings. The van der Waals surface area contributed by atoms with Crippen LogP contribution in [0, 0.1) is 6.92 Å². The van der Waals surface area contributed by atoms with Crippen molar-refractivity contribution >= 4 is 11.6 Å². The van der Waals surface area contributed by atoms with Crippen molar-refractivity contribution in [2.24, 2.45) is 0 Å². The molecule has 0 N–H and O–H groups in total. The van der Waals surface area contributed by atoms with E-state index in [1.54, 1.807) is 0 Å². The third-order valence-electron chi connectivity index (χ3n) is 6.24. The summed E-state index contributed by atoms with van der Waals surface area (Å²) in [6, 6.07) is 8.04. The van der Waals surface area contributed by atoms with Crippen LogP contribution in [0.15, 0.2) is 29.1 Å². The van der Waals surface area contributed by atoms with Crippen LogP contribution in [0.25, 0.3) is 0 Å². The van der Waals surface area contributed by atoms with Gasteiger partial charge in [0, 0.05) is 36.6 Å². The maximum absolute atomic E-state index is 13.3. The second kappa shape index (κ2) is 10.5. The number of fused-ring (bicyclic) bond motifs is 1. The monoisotopic (exact) mass is 441 g/mol. The van der Waals surface area contributed by atoms with Crippen LogP contribution in [0.3, 0.4) is 0 Å². The number of aryl methyl sites for hydroxylation is 1. The molecule has 2 aliphatic heterocycles. The van der Waals surface area contributed by atoms with Gasteiger partial charge in [-0.2, -0.15) is 0 Å². The predicted octanol–water partition coefficient (Wildman–Crippen LogP) is 2.60. The second-order valence-electron chi connectivity index (χ2n) is 8.40. The van der Waals surface area contributed by atoms with Crippen LogP contribution in [0.5, 0.6) is 5.75 Å². The summed E-state index contributed by atoms with van der Waals surface area (Å²) in [5, 5.41) is 0. The summed E-state index contributed by atoms with van der Waals surface area (Å²) >= 11 is 0. The Bertz CT molecular complexity index is 953. The van der Waals surface area contributed by atoms with E-state index < -0.39 is 0 Å². The first kappa shape index (κ1) is 22.8. The molecule has 0 atom stereocenters. The van der Waals surface area contributed by atoms with E-state index in [-0.39, 0.29) is 5.56 Å². The van der Waals surface area contributed by atoms with Crippen LogP contribution < -0.4 is 15.2 Å². The van der Waals surface area contributed by atoms with E-state index in [1.807, 2.05) is 49.6 Å². The van der Waals surface area contributed by atoms with Crippen molar-refractivity contribution in [1.29, 1.82) is 0 Å². The minimum Gasteiger partial charge on any atom is -0.494 e. The standard InChI is InChI=1S/C24H35N5O3/c1-4-22-19(3)25-24-28(20-7-9-21(10-8-20)32-5-2)17-27(18-29(24)23(22)30)12-6-11-26-13-15-31-16-14-26/h7-10H,4-6,11-18H2,1-3H3.